The normalized spacial score (nSPS) is 13.1. The van der Waals surface area contributed by atoms with Crippen LogP contribution in [0, 0.1) is 0 Å². The minimum Gasteiger partial charge on any atom is -0.483 e. The molecule has 0 aliphatic heterocycles. The van der Waals surface area contributed by atoms with Crippen molar-refractivity contribution in [3.8, 4) is 0 Å². The maximum Gasteiger partial charge on any atom is 0.240 e. The Kier molecular flexibility index (Phi) is 9.04. The van der Waals surface area contributed by atoms with Gasteiger partial charge in [-0.3, -0.25) is 4.72 Å². The summed E-state index contributed by atoms with van der Waals surface area (Å²) in [6.07, 6.45) is 2.92. The zero-order chi connectivity index (χ0) is 19.9. The summed E-state index contributed by atoms with van der Waals surface area (Å²) in [5.74, 6) is 0.121. The van der Waals surface area contributed by atoms with Gasteiger partial charge in [0, 0.05) is 0 Å². The van der Waals surface area contributed by atoms with Crippen molar-refractivity contribution in [3.05, 3.63) is 29.3 Å². The van der Waals surface area contributed by atoms with Crippen LogP contribution in [0.3, 0.4) is 0 Å². The van der Waals surface area contributed by atoms with E-state index in [1.54, 1.807) is 0 Å². The van der Waals surface area contributed by atoms with Gasteiger partial charge in [0.25, 0.3) is 0 Å². The van der Waals surface area contributed by atoms with Gasteiger partial charge in [-0.15, -0.1) is 0 Å². The fourth-order valence-electron chi connectivity index (χ4n) is 2.82. The predicted molar refractivity (Wildman–Crippen MR) is 115 cm³/mol. The summed E-state index contributed by atoms with van der Waals surface area (Å²) in [6, 6.07) is 5.91. The third kappa shape index (κ3) is 7.23. The van der Waals surface area contributed by atoms with Crippen molar-refractivity contribution in [2.45, 2.75) is 78.7 Å². The molecule has 0 heterocycles. The number of hydrogen-bond donors (Lipinski definition) is 1. The smallest absolute Gasteiger partial charge is 0.240 e. The van der Waals surface area contributed by atoms with E-state index in [0.29, 0.717) is 5.69 Å². The Morgan fingerprint density at radius 2 is 1.65 bits per heavy atom. The summed E-state index contributed by atoms with van der Waals surface area (Å²) < 4.78 is 33.7. The molecule has 26 heavy (non-hydrogen) atoms. The van der Waals surface area contributed by atoms with Crippen LogP contribution in [0.2, 0.25) is 0 Å². The highest BCUT2D eigenvalue weighted by Crippen LogP contribution is 2.33. The van der Waals surface area contributed by atoms with Crippen molar-refractivity contribution in [2.75, 3.05) is 10.5 Å². The number of thiocarbonyl (C=S) groups is 1. The molecule has 0 fully saturated rings. The largest absolute Gasteiger partial charge is 0.483 e. The molecule has 0 amide bonds. The summed E-state index contributed by atoms with van der Waals surface area (Å²) in [6.45, 7) is 12.3. The molecule has 0 aliphatic carbocycles. The lowest BCUT2D eigenvalue weighted by molar-refractivity contribution is 0.199. The Morgan fingerprint density at radius 3 is 2.12 bits per heavy atom. The number of anilines is 1. The van der Waals surface area contributed by atoms with Crippen LogP contribution < -0.4 is 4.72 Å². The standard InChI is InChI=1S/C20H33NO3S2/c1-7-8-10-16(6)24-19(25)13-26(22,23)21-20-17(14(2)3)11-9-12-18(20)15(4)5/h9,11-12,14-16,21H,7-8,10,13H2,1-6H3. The Labute approximate surface area is 164 Å². The number of benzene rings is 1. The number of hydrogen-bond acceptors (Lipinski definition) is 4. The van der Waals surface area contributed by atoms with Crippen LogP contribution in [0.15, 0.2) is 18.2 Å². The molecule has 1 rings (SSSR count). The number of nitrogens with one attached hydrogen (secondary N) is 1. The van der Waals surface area contributed by atoms with Crippen LogP contribution in [0.25, 0.3) is 0 Å². The van der Waals surface area contributed by atoms with Crippen molar-refractivity contribution in [1.82, 2.24) is 0 Å². The van der Waals surface area contributed by atoms with Gasteiger partial charge in [-0.05, 0) is 48.5 Å². The van der Waals surface area contributed by atoms with Crippen molar-refractivity contribution < 1.29 is 13.2 Å². The summed E-state index contributed by atoms with van der Waals surface area (Å²) in [5.41, 5.74) is 2.66. The van der Waals surface area contributed by atoms with Gasteiger partial charge in [-0.1, -0.05) is 65.7 Å². The van der Waals surface area contributed by atoms with Gasteiger partial charge >= 0.3 is 0 Å². The summed E-state index contributed by atoms with van der Waals surface area (Å²) in [4.78, 5) is 0. The fourth-order valence-corrected chi connectivity index (χ4v) is 4.45. The molecule has 0 saturated heterocycles. The summed E-state index contributed by atoms with van der Waals surface area (Å²) >= 11 is 5.17. The first kappa shape index (κ1) is 22.9. The molecule has 1 atom stereocenters. The average Bonchev–Trinajstić information content (AvgIpc) is 2.51. The van der Waals surface area contributed by atoms with E-state index in [9.17, 15) is 8.42 Å². The van der Waals surface area contributed by atoms with Gasteiger partial charge in [0.1, 0.15) is 5.75 Å². The van der Waals surface area contributed by atoms with Crippen LogP contribution in [-0.4, -0.2) is 25.3 Å². The Balaban J connectivity index is 2.94. The second-order valence-corrected chi connectivity index (χ2v) is 9.60. The molecular weight excluding hydrogens is 366 g/mol. The molecule has 0 aromatic heterocycles. The lowest BCUT2D eigenvalue weighted by Crippen LogP contribution is -2.26. The quantitative estimate of drug-likeness (QED) is 0.520. The maximum atomic E-state index is 12.7. The number of para-hydroxylation sites is 1. The third-order valence-corrected chi connectivity index (χ3v) is 5.82. The van der Waals surface area contributed by atoms with Crippen molar-refractivity contribution in [2.24, 2.45) is 0 Å². The molecule has 4 nitrogen and oxygen atoms in total. The molecule has 0 bridgehead atoms. The van der Waals surface area contributed by atoms with Gasteiger partial charge in [0.2, 0.25) is 10.0 Å². The highest BCUT2D eigenvalue weighted by Gasteiger charge is 2.21. The molecule has 6 heteroatoms. The van der Waals surface area contributed by atoms with Crippen molar-refractivity contribution in [3.63, 3.8) is 0 Å². The van der Waals surface area contributed by atoms with Crippen molar-refractivity contribution >= 4 is 33.0 Å². The molecule has 148 valence electrons. The first-order chi connectivity index (χ1) is 12.1. The minimum absolute atomic E-state index is 0.0631. The Bertz CT molecular complexity index is 671. The molecule has 1 N–H and O–H groups in total. The van der Waals surface area contributed by atoms with Gasteiger partial charge in [0.05, 0.1) is 11.8 Å². The van der Waals surface area contributed by atoms with Gasteiger partial charge in [-0.25, -0.2) is 8.42 Å². The minimum atomic E-state index is -3.63. The van der Waals surface area contributed by atoms with Gasteiger partial charge in [-0.2, -0.15) is 0 Å². The average molecular weight is 400 g/mol. The van der Waals surface area contributed by atoms with E-state index < -0.39 is 10.0 Å². The highest BCUT2D eigenvalue weighted by molar-refractivity contribution is 7.95. The van der Waals surface area contributed by atoms with E-state index >= 15 is 0 Å². The van der Waals surface area contributed by atoms with E-state index in [4.69, 9.17) is 17.0 Å². The lowest BCUT2D eigenvalue weighted by Gasteiger charge is -2.21. The topological polar surface area (TPSA) is 55.4 Å². The molecular formula is C20H33NO3S2. The number of rotatable bonds is 10. The number of unbranched alkanes of at least 4 members (excludes halogenated alkanes) is 1. The van der Waals surface area contributed by atoms with Gasteiger partial charge < -0.3 is 4.74 Å². The van der Waals surface area contributed by atoms with Crippen LogP contribution >= 0.6 is 12.2 Å². The first-order valence-electron chi connectivity index (χ1n) is 9.40. The molecule has 0 saturated carbocycles. The Morgan fingerprint density at radius 1 is 1.12 bits per heavy atom. The molecule has 1 unspecified atom stereocenters. The summed E-state index contributed by atoms with van der Waals surface area (Å²) in [5, 5.41) is 0.120. The molecule has 1 aromatic carbocycles. The van der Waals surface area contributed by atoms with Crippen molar-refractivity contribution in [1.29, 1.82) is 0 Å². The van der Waals surface area contributed by atoms with E-state index in [1.807, 2.05) is 25.1 Å². The molecule has 0 radical (unpaired) electrons. The van der Waals surface area contributed by atoms with E-state index in [1.165, 1.54) is 0 Å². The molecule has 0 aliphatic rings. The zero-order valence-electron chi connectivity index (χ0n) is 16.8. The van der Waals surface area contributed by atoms with E-state index in [2.05, 4.69) is 39.3 Å². The SMILES string of the molecule is CCCCC(C)OC(=S)CS(=O)(=O)Nc1c(C(C)C)cccc1C(C)C. The molecule has 0 spiro atoms. The Hall–Kier alpha value is -1.14. The van der Waals surface area contributed by atoms with E-state index in [0.717, 1.165) is 30.4 Å². The fraction of sp³-hybridized carbons (Fsp3) is 0.650. The van der Waals surface area contributed by atoms with Crippen LogP contribution in [0.1, 0.15) is 83.8 Å². The van der Waals surface area contributed by atoms with E-state index in [-0.39, 0.29) is 28.7 Å². The predicted octanol–water partition coefficient (Wildman–Crippen LogP) is 5.60. The third-order valence-electron chi connectivity index (χ3n) is 4.24. The highest BCUT2D eigenvalue weighted by atomic mass is 32.2. The number of sulfonamides is 1. The number of ether oxygens (including phenoxy) is 1. The summed E-state index contributed by atoms with van der Waals surface area (Å²) in [7, 11) is -3.63. The first-order valence-corrected chi connectivity index (χ1v) is 11.5. The van der Waals surface area contributed by atoms with Crippen LogP contribution in [-0.2, 0) is 14.8 Å². The zero-order valence-corrected chi connectivity index (χ0v) is 18.5. The van der Waals surface area contributed by atoms with Crippen LogP contribution in [0.5, 0.6) is 0 Å². The second kappa shape index (κ2) is 10.3. The van der Waals surface area contributed by atoms with Crippen LogP contribution in [0.4, 0.5) is 5.69 Å². The second-order valence-electron chi connectivity index (χ2n) is 7.42. The lowest BCUT2D eigenvalue weighted by atomic mass is 9.93. The maximum absolute atomic E-state index is 12.7. The van der Waals surface area contributed by atoms with Gasteiger partial charge in [0.15, 0.2) is 5.05 Å². The monoisotopic (exact) mass is 399 g/mol. The molecule has 1 aromatic rings.